The summed E-state index contributed by atoms with van der Waals surface area (Å²) in [5.74, 6) is 0.837. The molecule has 3 aromatic heterocycles. The first-order valence-electron chi connectivity index (χ1n) is 7.90. The van der Waals surface area contributed by atoms with E-state index < -0.39 is 0 Å². The molecule has 0 saturated heterocycles. The molecule has 3 heterocycles. The summed E-state index contributed by atoms with van der Waals surface area (Å²) in [6, 6.07) is 8.03. The molecule has 6 nitrogen and oxygen atoms in total. The molecule has 1 N–H and O–H groups in total. The van der Waals surface area contributed by atoms with Gasteiger partial charge in [-0.15, -0.1) is 21.5 Å². The molecule has 0 fully saturated rings. The summed E-state index contributed by atoms with van der Waals surface area (Å²) in [6.07, 6.45) is 1.60. The topological polar surface area (TPSA) is 72.8 Å². The van der Waals surface area contributed by atoms with Gasteiger partial charge in [0, 0.05) is 17.5 Å². The Labute approximate surface area is 162 Å². The standard InChI is InChI=1S/C17H15N5OS3/c1-3-18-16-21-22-17(26-16)25-15-13-12(8-24-14(13)19-9-20-15)10-4-6-11(23-2)7-5-10/h4-9H,3H2,1-2H3,(H,18,21). The van der Waals surface area contributed by atoms with E-state index in [9.17, 15) is 0 Å². The van der Waals surface area contributed by atoms with Gasteiger partial charge in [0.05, 0.1) is 12.5 Å². The molecule has 1 aromatic carbocycles. The molecule has 4 rings (SSSR count). The van der Waals surface area contributed by atoms with E-state index in [1.165, 1.54) is 23.1 Å². The number of nitrogens with zero attached hydrogens (tertiary/aromatic N) is 4. The molecular weight excluding hydrogens is 386 g/mol. The predicted octanol–water partition coefficient (Wildman–Crippen LogP) is 4.80. The maximum Gasteiger partial charge on any atom is 0.206 e. The normalized spacial score (nSPS) is 11.0. The number of thiophene rings is 1. The van der Waals surface area contributed by atoms with E-state index in [4.69, 9.17) is 4.74 Å². The van der Waals surface area contributed by atoms with Crippen LogP contribution < -0.4 is 10.1 Å². The van der Waals surface area contributed by atoms with Crippen molar-refractivity contribution in [2.24, 2.45) is 0 Å². The number of anilines is 1. The van der Waals surface area contributed by atoms with Gasteiger partial charge in [0.2, 0.25) is 5.13 Å². The quantitative estimate of drug-likeness (QED) is 0.465. The zero-order valence-corrected chi connectivity index (χ0v) is 16.5. The average Bonchev–Trinajstić information content (AvgIpc) is 3.30. The molecule has 0 saturated carbocycles. The third-order valence-electron chi connectivity index (χ3n) is 3.65. The van der Waals surface area contributed by atoms with Crippen LogP contribution in [0.4, 0.5) is 5.13 Å². The summed E-state index contributed by atoms with van der Waals surface area (Å²) >= 11 is 4.66. The molecule has 0 aliphatic rings. The summed E-state index contributed by atoms with van der Waals surface area (Å²) in [6.45, 7) is 2.86. The van der Waals surface area contributed by atoms with Crippen LogP contribution in [-0.4, -0.2) is 33.8 Å². The van der Waals surface area contributed by atoms with Crippen molar-refractivity contribution in [2.75, 3.05) is 19.0 Å². The van der Waals surface area contributed by atoms with Gasteiger partial charge in [-0.25, -0.2) is 9.97 Å². The lowest BCUT2D eigenvalue weighted by molar-refractivity contribution is 0.415. The van der Waals surface area contributed by atoms with Gasteiger partial charge in [-0.2, -0.15) is 0 Å². The molecule has 26 heavy (non-hydrogen) atoms. The Bertz CT molecular complexity index is 1030. The van der Waals surface area contributed by atoms with E-state index in [0.29, 0.717) is 0 Å². The minimum Gasteiger partial charge on any atom is -0.497 e. The lowest BCUT2D eigenvalue weighted by Gasteiger charge is -2.05. The largest absolute Gasteiger partial charge is 0.497 e. The van der Waals surface area contributed by atoms with E-state index in [2.05, 4.69) is 43.0 Å². The van der Waals surface area contributed by atoms with Crippen LogP contribution in [0.1, 0.15) is 6.92 Å². The van der Waals surface area contributed by atoms with Crippen LogP contribution in [0.2, 0.25) is 0 Å². The van der Waals surface area contributed by atoms with E-state index in [0.717, 1.165) is 48.1 Å². The van der Waals surface area contributed by atoms with Crippen LogP contribution in [0.15, 0.2) is 45.3 Å². The second-order valence-corrected chi connectivity index (χ2v) is 8.31. The number of aromatic nitrogens is 4. The van der Waals surface area contributed by atoms with E-state index >= 15 is 0 Å². The monoisotopic (exact) mass is 401 g/mol. The third-order valence-corrected chi connectivity index (χ3v) is 6.48. The Kier molecular flexibility index (Phi) is 5.00. The van der Waals surface area contributed by atoms with Crippen LogP contribution >= 0.6 is 34.4 Å². The Hall–Kier alpha value is -2.23. The summed E-state index contributed by atoms with van der Waals surface area (Å²) in [5, 5.41) is 16.5. The van der Waals surface area contributed by atoms with Crippen molar-refractivity contribution in [3.05, 3.63) is 36.0 Å². The van der Waals surface area contributed by atoms with Crippen LogP contribution in [0.25, 0.3) is 21.3 Å². The third kappa shape index (κ3) is 3.37. The number of methoxy groups -OCH3 is 1. The summed E-state index contributed by atoms with van der Waals surface area (Å²) in [5.41, 5.74) is 2.23. The van der Waals surface area contributed by atoms with Crippen LogP contribution in [0.3, 0.4) is 0 Å². The predicted molar refractivity (Wildman–Crippen MR) is 108 cm³/mol. The highest BCUT2D eigenvalue weighted by Crippen LogP contribution is 2.41. The van der Waals surface area contributed by atoms with Crippen molar-refractivity contribution in [2.45, 2.75) is 16.3 Å². The molecule has 0 aliphatic carbocycles. The smallest absolute Gasteiger partial charge is 0.206 e. The lowest BCUT2D eigenvalue weighted by Crippen LogP contribution is -1.94. The summed E-state index contributed by atoms with van der Waals surface area (Å²) in [7, 11) is 1.67. The number of nitrogens with one attached hydrogen (secondary N) is 1. The van der Waals surface area contributed by atoms with E-state index in [1.807, 2.05) is 19.1 Å². The maximum atomic E-state index is 5.25. The van der Waals surface area contributed by atoms with Crippen LogP contribution in [0.5, 0.6) is 5.75 Å². The Morgan fingerprint density at radius 3 is 2.77 bits per heavy atom. The van der Waals surface area contributed by atoms with Gasteiger partial charge in [-0.1, -0.05) is 23.5 Å². The van der Waals surface area contributed by atoms with Crippen molar-refractivity contribution in [3.63, 3.8) is 0 Å². The Balaban J connectivity index is 1.73. The zero-order chi connectivity index (χ0) is 17.9. The molecule has 0 atom stereocenters. The van der Waals surface area contributed by atoms with Gasteiger partial charge in [-0.05, 0) is 36.4 Å². The van der Waals surface area contributed by atoms with Crippen molar-refractivity contribution in [1.82, 2.24) is 20.2 Å². The lowest BCUT2D eigenvalue weighted by atomic mass is 10.1. The summed E-state index contributed by atoms with van der Waals surface area (Å²) in [4.78, 5) is 9.89. The molecular formula is C17H15N5OS3. The van der Waals surface area contributed by atoms with Crippen LogP contribution in [-0.2, 0) is 0 Å². The molecule has 0 amide bonds. The highest BCUT2D eigenvalue weighted by atomic mass is 32.2. The van der Waals surface area contributed by atoms with Gasteiger partial charge >= 0.3 is 0 Å². The highest BCUT2D eigenvalue weighted by molar-refractivity contribution is 8.01. The van der Waals surface area contributed by atoms with Gasteiger partial charge in [0.15, 0.2) is 4.34 Å². The number of hydrogen-bond acceptors (Lipinski definition) is 9. The van der Waals surface area contributed by atoms with Crippen molar-refractivity contribution < 1.29 is 4.74 Å². The number of rotatable bonds is 6. The van der Waals surface area contributed by atoms with E-state index in [-0.39, 0.29) is 0 Å². The van der Waals surface area contributed by atoms with Crippen LogP contribution in [0, 0.1) is 0 Å². The number of ether oxygens (including phenoxy) is 1. The number of hydrogen-bond donors (Lipinski definition) is 1. The number of fused-ring (bicyclic) bond motifs is 1. The molecule has 0 aliphatic heterocycles. The average molecular weight is 402 g/mol. The molecule has 0 spiro atoms. The summed E-state index contributed by atoms with van der Waals surface area (Å²) < 4.78 is 6.11. The molecule has 4 aromatic rings. The zero-order valence-electron chi connectivity index (χ0n) is 14.1. The van der Waals surface area contributed by atoms with Gasteiger partial charge < -0.3 is 10.1 Å². The number of benzene rings is 1. The van der Waals surface area contributed by atoms with Gasteiger partial charge in [0.1, 0.15) is 21.9 Å². The van der Waals surface area contributed by atoms with E-state index in [1.54, 1.807) is 24.8 Å². The fourth-order valence-corrected chi connectivity index (χ4v) is 5.29. The molecule has 132 valence electrons. The second-order valence-electron chi connectivity index (χ2n) is 5.24. The molecule has 0 bridgehead atoms. The SMILES string of the molecule is CCNc1nnc(Sc2ncnc3scc(-c4ccc(OC)cc4)c23)s1. The first kappa shape index (κ1) is 17.2. The Morgan fingerprint density at radius 2 is 2.00 bits per heavy atom. The minimum absolute atomic E-state index is 0.820. The fourth-order valence-electron chi connectivity index (χ4n) is 2.46. The second kappa shape index (κ2) is 7.56. The van der Waals surface area contributed by atoms with Gasteiger partial charge in [0.25, 0.3) is 0 Å². The van der Waals surface area contributed by atoms with Gasteiger partial charge in [-0.3, -0.25) is 0 Å². The highest BCUT2D eigenvalue weighted by Gasteiger charge is 2.16. The first-order valence-corrected chi connectivity index (χ1v) is 10.4. The van der Waals surface area contributed by atoms with Crippen molar-refractivity contribution in [3.8, 4) is 16.9 Å². The van der Waals surface area contributed by atoms with Crippen molar-refractivity contribution in [1.29, 1.82) is 0 Å². The maximum absolute atomic E-state index is 5.25. The van der Waals surface area contributed by atoms with Crippen molar-refractivity contribution >= 4 is 49.8 Å². The Morgan fingerprint density at radius 1 is 1.15 bits per heavy atom. The minimum atomic E-state index is 0.820. The molecule has 9 heteroatoms. The fraction of sp³-hybridized carbons (Fsp3) is 0.176. The molecule has 0 radical (unpaired) electrons. The first-order chi connectivity index (χ1) is 12.8. The molecule has 0 unspecified atom stereocenters.